The summed E-state index contributed by atoms with van der Waals surface area (Å²) >= 11 is 0. The summed E-state index contributed by atoms with van der Waals surface area (Å²) in [6.07, 6.45) is 1.91. The van der Waals surface area contributed by atoms with Gasteiger partial charge in [0, 0.05) is 6.20 Å². The Labute approximate surface area is 66.1 Å². The smallest absolute Gasteiger partial charge is 0.125 e. The topological polar surface area (TPSA) is 46.0 Å². The first-order chi connectivity index (χ1) is 5.24. The van der Waals surface area contributed by atoms with Gasteiger partial charge in [0.15, 0.2) is 0 Å². The van der Waals surface area contributed by atoms with Crippen LogP contribution in [0.4, 0.5) is 0 Å². The van der Waals surface area contributed by atoms with Crippen LogP contribution in [0.3, 0.4) is 0 Å². The lowest BCUT2D eigenvalue weighted by Crippen LogP contribution is -2.00. The van der Waals surface area contributed by atoms with Gasteiger partial charge in [-0.25, -0.2) is 9.97 Å². The van der Waals surface area contributed by atoms with Gasteiger partial charge < -0.3 is 5.11 Å². The largest absolute Gasteiger partial charge is 0.387 e. The number of aryl methyl sites for hydroxylation is 1. The molecule has 0 spiro atoms. The zero-order valence-corrected chi connectivity index (χ0v) is 6.78. The molecule has 0 saturated heterocycles. The van der Waals surface area contributed by atoms with E-state index in [-0.39, 0.29) is 0 Å². The molecule has 1 rings (SSSR count). The first kappa shape index (κ1) is 8.14. The summed E-state index contributed by atoms with van der Waals surface area (Å²) in [5.41, 5.74) is 0.708. The van der Waals surface area contributed by atoms with E-state index in [4.69, 9.17) is 0 Å². The van der Waals surface area contributed by atoms with Gasteiger partial charge >= 0.3 is 0 Å². The Morgan fingerprint density at radius 1 is 1.64 bits per heavy atom. The number of nitrogens with zero attached hydrogens (tertiary/aromatic N) is 2. The van der Waals surface area contributed by atoms with E-state index in [1.54, 1.807) is 12.3 Å². The second-order valence-corrected chi connectivity index (χ2v) is 2.45. The molecule has 0 saturated carbocycles. The maximum atomic E-state index is 9.36. The molecule has 11 heavy (non-hydrogen) atoms. The lowest BCUT2D eigenvalue weighted by molar-refractivity contribution is 0.168. The Hall–Kier alpha value is -0.960. The SMILES string of the molecule is CC[C@H](O)c1ccnc(C)n1. The summed E-state index contributed by atoms with van der Waals surface area (Å²) in [6, 6.07) is 1.74. The minimum absolute atomic E-state index is 0.448. The van der Waals surface area contributed by atoms with Crippen molar-refractivity contribution in [2.75, 3.05) is 0 Å². The molecule has 0 aliphatic carbocycles. The molecular weight excluding hydrogens is 140 g/mol. The van der Waals surface area contributed by atoms with Crippen molar-refractivity contribution in [1.82, 2.24) is 9.97 Å². The summed E-state index contributed by atoms with van der Waals surface area (Å²) in [7, 11) is 0. The molecule has 3 nitrogen and oxygen atoms in total. The van der Waals surface area contributed by atoms with Crippen molar-refractivity contribution in [2.24, 2.45) is 0 Å². The molecule has 1 atom stereocenters. The molecule has 0 bridgehead atoms. The Balaban J connectivity index is 2.86. The standard InChI is InChI=1S/C8H12N2O/c1-3-8(11)7-4-5-9-6(2)10-7/h4-5,8,11H,3H2,1-2H3/t8-/m0/s1. The van der Waals surface area contributed by atoms with Gasteiger partial charge in [-0.05, 0) is 19.4 Å². The van der Waals surface area contributed by atoms with Gasteiger partial charge in [0.1, 0.15) is 5.82 Å². The molecule has 1 heterocycles. The van der Waals surface area contributed by atoms with Crippen LogP contribution in [0.2, 0.25) is 0 Å². The highest BCUT2D eigenvalue weighted by molar-refractivity contribution is 5.04. The van der Waals surface area contributed by atoms with Crippen LogP contribution in [0.15, 0.2) is 12.3 Å². The van der Waals surface area contributed by atoms with Crippen molar-refractivity contribution in [3.8, 4) is 0 Å². The highest BCUT2D eigenvalue weighted by atomic mass is 16.3. The minimum Gasteiger partial charge on any atom is -0.387 e. The molecule has 0 fully saturated rings. The van der Waals surface area contributed by atoms with E-state index < -0.39 is 6.10 Å². The zero-order valence-electron chi connectivity index (χ0n) is 6.78. The predicted molar refractivity (Wildman–Crippen MR) is 42.0 cm³/mol. The van der Waals surface area contributed by atoms with Crippen LogP contribution in [-0.4, -0.2) is 15.1 Å². The maximum absolute atomic E-state index is 9.36. The van der Waals surface area contributed by atoms with Gasteiger partial charge in [-0.3, -0.25) is 0 Å². The van der Waals surface area contributed by atoms with Crippen LogP contribution >= 0.6 is 0 Å². The van der Waals surface area contributed by atoms with Crippen molar-refractivity contribution in [3.05, 3.63) is 23.8 Å². The summed E-state index contributed by atoms with van der Waals surface area (Å²) in [5.74, 6) is 0.704. The quantitative estimate of drug-likeness (QED) is 0.693. The van der Waals surface area contributed by atoms with E-state index in [9.17, 15) is 5.11 Å². The number of aliphatic hydroxyl groups excluding tert-OH is 1. The van der Waals surface area contributed by atoms with Gasteiger partial charge in [-0.1, -0.05) is 6.92 Å². The highest BCUT2D eigenvalue weighted by Crippen LogP contribution is 2.11. The Kier molecular flexibility index (Phi) is 2.54. The van der Waals surface area contributed by atoms with Gasteiger partial charge in [0.2, 0.25) is 0 Å². The highest BCUT2D eigenvalue weighted by Gasteiger charge is 2.05. The molecule has 0 radical (unpaired) electrons. The van der Waals surface area contributed by atoms with Gasteiger partial charge in [-0.15, -0.1) is 0 Å². The van der Waals surface area contributed by atoms with Crippen LogP contribution in [0.5, 0.6) is 0 Å². The molecule has 60 valence electrons. The van der Waals surface area contributed by atoms with Crippen molar-refractivity contribution in [1.29, 1.82) is 0 Å². The van der Waals surface area contributed by atoms with Gasteiger partial charge in [0.25, 0.3) is 0 Å². The molecule has 0 aliphatic heterocycles. The summed E-state index contributed by atoms with van der Waals surface area (Å²) in [5, 5.41) is 9.36. The first-order valence-electron chi connectivity index (χ1n) is 3.71. The fourth-order valence-corrected chi connectivity index (χ4v) is 0.869. The fourth-order valence-electron chi connectivity index (χ4n) is 0.869. The third kappa shape index (κ3) is 1.98. The predicted octanol–water partition coefficient (Wildman–Crippen LogP) is 1.23. The number of aromatic nitrogens is 2. The second kappa shape index (κ2) is 3.44. The Morgan fingerprint density at radius 2 is 2.36 bits per heavy atom. The number of hydrogen-bond donors (Lipinski definition) is 1. The van der Waals surface area contributed by atoms with Crippen LogP contribution in [0.25, 0.3) is 0 Å². The lowest BCUT2D eigenvalue weighted by Gasteiger charge is -2.05. The van der Waals surface area contributed by atoms with Crippen molar-refractivity contribution < 1.29 is 5.11 Å². The van der Waals surface area contributed by atoms with Crippen molar-refractivity contribution in [2.45, 2.75) is 26.4 Å². The maximum Gasteiger partial charge on any atom is 0.125 e. The normalized spacial score (nSPS) is 13.0. The first-order valence-corrected chi connectivity index (χ1v) is 3.71. The number of hydrogen-bond acceptors (Lipinski definition) is 3. The monoisotopic (exact) mass is 152 g/mol. The molecule has 1 N–H and O–H groups in total. The van der Waals surface area contributed by atoms with Crippen LogP contribution < -0.4 is 0 Å². The van der Waals surface area contributed by atoms with E-state index in [1.165, 1.54) is 0 Å². The van der Waals surface area contributed by atoms with Crippen LogP contribution in [-0.2, 0) is 0 Å². The Morgan fingerprint density at radius 3 is 2.91 bits per heavy atom. The third-order valence-corrected chi connectivity index (χ3v) is 1.53. The van der Waals surface area contributed by atoms with E-state index >= 15 is 0 Å². The molecule has 1 aromatic rings. The zero-order chi connectivity index (χ0) is 8.27. The molecular formula is C8H12N2O. The van der Waals surface area contributed by atoms with Gasteiger partial charge in [0.05, 0.1) is 11.8 Å². The summed E-state index contributed by atoms with van der Waals surface area (Å²) in [6.45, 7) is 3.73. The molecule has 0 aliphatic rings. The molecule has 0 aromatic carbocycles. The van der Waals surface area contributed by atoms with E-state index in [0.717, 1.165) is 0 Å². The van der Waals surface area contributed by atoms with E-state index in [0.29, 0.717) is 17.9 Å². The summed E-state index contributed by atoms with van der Waals surface area (Å²) in [4.78, 5) is 8.02. The average molecular weight is 152 g/mol. The van der Waals surface area contributed by atoms with E-state index in [2.05, 4.69) is 9.97 Å². The number of rotatable bonds is 2. The average Bonchev–Trinajstić information content (AvgIpc) is 2.03. The number of aliphatic hydroxyl groups is 1. The van der Waals surface area contributed by atoms with Gasteiger partial charge in [-0.2, -0.15) is 0 Å². The molecule has 3 heteroatoms. The fraction of sp³-hybridized carbons (Fsp3) is 0.500. The van der Waals surface area contributed by atoms with E-state index in [1.807, 2.05) is 13.8 Å². The van der Waals surface area contributed by atoms with Crippen molar-refractivity contribution in [3.63, 3.8) is 0 Å². The van der Waals surface area contributed by atoms with Crippen molar-refractivity contribution >= 4 is 0 Å². The molecule has 1 aromatic heterocycles. The van der Waals surface area contributed by atoms with Crippen LogP contribution in [0, 0.1) is 6.92 Å². The minimum atomic E-state index is -0.448. The molecule has 0 amide bonds. The Bertz CT molecular complexity index is 237. The third-order valence-electron chi connectivity index (χ3n) is 1.53. The lowest BCUT2D eigenvalue weighted by atomic mass is 10.2. The summed E-state index contributed by atoms with van der Waals surface area (Å²) < 4.78 is 0. The molecule has 0 unspecified atom stereocenters. The second-order valence-electron chi connectivity index (χ2n) is 2.45. The van der Waals surface area contributed by atoms with Crippen LogP contribution in [0.1, 0.15) is 31.0 Å².